The summed E-state index contributed by atoms with van der Waals surface area (Å²) in [5, 5.41) is 20.5. The van der Waals surface area contributed by atoms with Gasteiger partial charge >= 0.3 is 18.0 Å². The fraction of sp³-hybridized carbons (Fsp3) is 0.750. The largest absolute Gasteiger partial charge is 0.479 e. The van der Waals surface area contributed by atoms with Crippen LogP contribution >= 0.6 is 0 Å². The van der Waals surface area contributed by atoms with Crippen LogP contribution in [0.4, 0.5) is 4.79 Å². The number of ether oxygens (including phenoxy) is 2. The third-order valence-corrected chi connectivity index (χ3v) is 2.52. The van der Waals surface area contributed by atoms with E-state index >= 15 is 0 Å². The Kier molecular flexibility index (Phi) is 8.32. The lowest BCUT2D eigenvalue weighted by Gasteiger charge is -2.24. The number of methoxy groups -OCH3 is 1. The number of rotatable bonds is 9. The molecule has 0 saturated carbocycles. The van der Waals surface area contributed by atoms with Gasteiger partial charge in [-0.05, 0) is 13.8 Å². The van der Waals surface area contributed by atoms with Crippen LogP contribution in [0.5, 0.6) is 0 Å². The maximum absolute atomic E-state index is 11.9. The standard InChI is InChI=1S/C12H22N2O7/c1-4-21-9(15)7-14(5-6-20-3)11(18)13-8-12(2,19)10(16)17/h19H,4-8H2,1-3H3,(H,13,18)(H,16,17). The van der Waals surface area contributed by atoms with Crippen LogP contribution in [0.1, 0.15) is 13.8 Å². The second kappa shape index (κ2) is 9.14. The fourth-order valence-corrected chi connectivity index (χ4v) is 1.25. The van der Waals surface area contributed by atoms with E-state index in [1.54, 1.807) is 6.92 Å². The maximum atomic E-state index is 11.9. The van der Waals surface area contributed by atoms with Crippen LogP contribution in [-0.2, 0) is 19.1 Å². The number of aliphatic carboxylic acids is 1. The van der Waals surface area contributed by atoms with E-state index in [2.05, 4.69) is 5.32 Å². The number of amides is 2. The van der Waals surface area contributed by atoms with Crippen LogP contribution < -0.4 is 5.32 Å². The number of nitrogens with zero attached hydrogens (tertiary/aromatic N) is 1. The first kappa shape index (κ1) is 19.1. The van der Waals surface area contributed by atoms with E-state index in [1.165, 1.54) is 7.11 Å². The van der Waals surface area contributed by atoms with Crippen molar-refractivity contribution < 1.29 is 34.1 Å². The first-order chi connectivity index (χ1) is 9.74. The molecule has 0 aliphatic carbocycles. The van der Waals surface area contributed by atoms with E-state index in [1.807, 2.05) is 0 Å². The van der Waals surface area contributed by atoms with E-state index in [-0.39, 0.29) is 26.3 Å². The van der Waals surface area contributed by atoms with Gasteiger partial charge in [-0.3, -0.25) is 4.79 Å². The predicted octanol–water partition coefficient (Wildman–Crippen LogP) is -0.957. The predicted molar refractivity (Wildman–Crippen MR) is 71.7 cm³/mol. The molecule has 0 radical (unpaired) electrons. The number of urea groups is 1. The molecule has 9 heteroatoms. The summed E-state index contributed by atoms with van der Waals surface area (Å²) in [7, 11) is 1.44. The van der Waals surface area contributed by atoms with Crippen LogP contribution in [0.15, 0.2) is 0 Å². The zero-order valence-electron chi connectivity index (χ0n) is 12.4. The minimum Gasteiger partial charge on any atom is -0.479 e. The topological polar surface area (TPSA) is 125 Å². The molecule has 9 nitrogen and oxygen atoms in total. The molecular weight excluding hydrogens is 284 g/mol. The number of hydrogen-bond donors (Lipinski definition) is 3. The lowest BCUT2D eigenvalue weighted by atomic mass is 10.1. The summed E-state index contributed by atoms with van der Waals surface area (Å²) in [6.07, 6.45) is 0. The Balaban J connectivity index is 4.57. The number of carboxylic acid groups (broad SMARTS) is 1. The fourth-order valence-electron chi connectivity index (χ4n) is 1.25. The van der Waals surface area contributed by atoms with Gasteiger partial charge in [-0.15, -0.1) is 0 Å². The van der Waals surface area contributed by atoms with Crippen LogP contribution in [0.3, 0.4) is 0 Å². The highest BCUT2D eigenvalue weighted by Crippen LogP contribution is 2.02. The number of aliphatic hydroxyl groups is 1. The molecule has 0 aromatic rings. The van der Waals surface area contributed by atoms with Gasteiger partial charge in [0.05, 0.1) is 19.8 Å². The van der Waals surface area contributed by atoms with Crippen LogP contribution in [0.25, 0.3) is 0 Å². The first-order valence-corrected chi connectivity index (χ1v) is 6.37. The summed E-state index contributed by atoms with van der Waals surface area (Å²) < 4.78 is 9.57. The van der Waals surface area contributed by atoms with Gasteiger partial charge in [0.1, 0.15) is 6.54 Å². The van der Waals surface area contributed by atoms with Crippen LogP contribution in [0, 0.1) is 0 Å². The molecule has 0 spiro atoms. The highest BCUT2D eigenvalue weighted by atomic mass is 16.5. The minimum atomic E-state index is -2.09. The third kappa shape index (κ3) is 7.47. The molecule has 0 aliphatic heterocycles. The van der Waals surface area contributed by atoms with Crippen molar-refractivity contribution in [2.45, 2.75) is 19.4 Å². The van der Waals surface area contributed by atoms with E-state index in [0.717, 1.165) is 11.8 Å². The third-order valence-electron chi connectivity index (χ3n) is 2.52. The average Bonchev–Trinajstić information content (AvgIpc) is 2.41. The van der Waals surface area contributed by atoms with Crippen LogP contribution in [-0.4, -0.2) is 78.6 Å². The highest BCUT2D eigenvalue weighted by Gasteiger charge is 2.31. The van der Waals surface area contributed by atoms with Crippen molar-refractivity contribution in [3.05, 3.63) is 0 Å². The molecule has 0 aliphatic rings. The molecule has 0 bridgehead atoms. The number of carbonyl (C=O) groups is 3. The van der Waals surface area contributed by atoms with Gasteiger partial charge < -0.3 is 29.9 Å². The van der Waals surface area contributed by atoms with Gasteiger partial charge in [0.2, 0.25) is 0 Å². The Hall–Kier alpha value is -1.87. The van der Waals surface area contributed by atoms with Crippen LogP contribution in [0.2, 0.25) is 0 Å². The summed E-state index contributed by atoms with van der Waals surface area (Å²) in [6, 6.07) is -0.693. The molecule has 0 fully saturated rings. The Bertz CT molecular complexity index is 371. The molecule has 0 saturated heterocycles. The smallest absolute Gasteiger partial charge is 0.337 e. The molecule has 0 aromatic heterocycles. The zero-order valence-corrected chi connectivity index (χ0v) is 12.4. The second-order valence-corrected chi connectivity index (χ2v) is 4.46. The molecule has 1 unspecified atom stereocenters. The number of hydrogen-bond acceptors (Lipinski definition) is 6. The van der Waals surface area contributed by atoms with Crippen molar-refractivity contribution in [3.8, 4) is 0 Å². The summed E-state index contributed by atoms with van der Waals surface area (Å²) >= 11 is 0. The number of carboxylic acids is 1. The molecular formula is C12H22N2O7. The van der Waals surface area contributed by atoms with Gasteiger partial charge in [0.25, 0.3) is 0 Å². The van der Waals surface area contributed by atoms with E-state index in [0.29, 0.717) is 0 Å². The number of esters is 1. The lowest BCUT2D eigenvalue weighted by molar-refractivity contribution is -0.155. The Labute approximate surface area is 122 Å². The highest BCUT2D eigenvalue weighted by molar-refractivity contribution is 5.82. The molecule has 0 rings (SSSR count). The van der Waals surface area contributed by atoms with Crippen molar-refractivity contribution in [2.75, 3.05) is 40.0 Å². The van der Waals surface area contributed by atoms with Crippen molar-refractivity contribution in [2.24, 2.45) is 0 Å². The normalized spacial score (nSPS) is 13.1. The lowest BCUT2D eigenvalue weighted by Crippen LogP contribution is -2.51. The Morgan fingerprint density at radius 2 is 1.95 bits per heavy atom. The molecule has 0 heterocycles. The minimum absolute atomic E-state index is 0.121. The van der Waals surface area contributed by atoms with Gasteiger partial charge in [0, 0.05) is 13.7 Å². The van der Waals surface area contributed by atoms with E-state index in [4.69, 9.17) is 14.6 Å². The molecule has 3 N–H and O–H groups in total. The first-order valence-electron chi connectivity index (χ1n) is 6.37. The van der Waals surface area contributed by atoms with E-state index in [9.17, 15) is 19.5 Å². The number of nitrogens with one attached hydrogen (secondary N) is 1. The second-order valence-electron chi connectivity index (χ2n) is 4.46. The van der Waals surface area contributed by atoms with E-state index < -0.39 is 30.1 Å². The summed E-state index contributed by atoms with van der Waals surface area (Å²) in [6.45, 7) is 2.42. The molecule has 0 aromatic carbocycles. The average molecular weight is 306 g/mol. The Morgan fingerprint density at radius 1 is 1.33 bits per heavy atom. The van der Waals surface area contributed by atoms with Crippen molar-refractivity contribution in [3.63, 3.8) is 0 Å². The zero-order chi connectivity index (χ0) is 16.5. The van der Waals surface area contributed by atoms with Crippen molar-refractivity contribution in [1.29, 1.82) is 0 Å². The molecule has 21 heavy (non-hydrogen) atoms. The molecule has 1 atom stereocenters. The van der Waals surface area contributed by atoms with Gasteiger partial charge in [0.15, 0.2) is 5.60 Å². The maximum Gasteiger partial charge on any atom is 0.337 e. The monoisotopic (exact) mass is 306 g/mol. The van der Waals surface area contributed by atoms with Crippen molar-refractivity contribution >= 4 is 18.0 Å². The molecule has 2 amide bonds. The molecule has 122 valence electrons. The summed E-state index contributed by atoms with van der Waals surface area (Å²) in [5.74, 6) is -2.05. The quantitative estimate of drug-likeness (QED) is 0.469. The summed E-state index contributed by atoms with van der Waals surface area (Å²) in [4.78, 5) is 35.1. The summed E-state index contributed by atoms with van der Waals surface area (Å²) in [5.41, 5.74) is -2.09. The SMILES string of the molecule is CCOC(=O)CN(CCOC)C(=O)NCC(C)(O)C(=O)O. The van der Waals surface area contributed by atoms with Gasteiger partial charge in [-0.25, -0.2) is 9.59 Å². The Morgan fingerprint density at radius 3 is 2.43 bits per heavy atom. The van der Waals surface area contributed by atoms with Gasteiger partial charge in [-0.1, -0.05) is 0 Å². The number of carbonyl (C=O) groups excluding carboxylic acids is 2. The van der Waals surface area contributed by atoms with Crippen molar-refractivity contribution in [1.82, 2.24) is 10.2 Å². The van der Waals surface area contributed by atoms with Gasteiger partial charge in [-0.2, -0.15) is 0 Å².